The number of imidazole rings is 1. The summed E-state index contributed by atoms with van der Waals surface area (Å²) in [6.07, 6.45) is 17.5. The van der Waals surface area contributed by atoms with E-state index in [1.807, 2.05) is 6.20 Å². The van der Waals surface area contributed by atoms with Crippen LogP contribution in [0.4, 0.5) is 0 Å². The number of aromatic nitrogens is 2. The number of carbonyl (C=O) groups is 1. The van der Waals surface area contributed by atoms with E-state index < -0.39 is 0 Å². The number of amides is 1. The molecular weight excluding hydrogens is 336 g/mol. The number of piperidine rings is 2. The molecule has 4 rings (SSSR count). The zero-order valence-electron chi connectivity index (χ0n) is 16.8. The molecule has 1 amide bonds. The number of hydrogen-bond donors (Lipinski definition) is 1. The predicted octanol–water partition coefficient (Wildman–Crippen LogP) is 3.63. The summed E-state index contributed by atoms with van der Waals surface area (Å²) in [5.41, 5.74) is 1.47. The summed E-state index contributed by atoms with van der Waals surface area (Å²) in [5, 5.41) is 0. The highest BCUT2D eigenvalue weighted by molar-refractivity contribution is 5.77. The van der Waals surface area contributed by atoms with Gasteiger partial charge in [0, 0.05) is 49.8 Å². The molecule has 1 aromatic rings. The molecule has 0 aromatic carbocycles. The third-order valence-corrected chi connectivity index (χ3v) is 7.26. The molecule has 27 heavy (non-hydrogen) atoms. The van der Waals surface area contributed by atoms with Crippen LogP contribution in [-0.2, 0) is 11.2 Å². The largest absolute Gasteiger partial charge is 0.348 e. The Balaban J connectivity index is 1.27. The van der Waals surface area contributed by atoms with E-state index in [1.165, 1.54) is 71.0 Å². The van der Waals surface area contributed by atoms with Crippen LogP contribution in [-0.4, -0.2) is 58.4 Å². The summed E-state index contributed by atoms with van der Waals surface area (Å²) in [7, 11) is 0. The van der Waals surface area contributed by atoms with E-state index in [2.05, 4.69) is 19.8 Å². The van der Waals surface area contributed by atoms with Crippen molar-refractivity contribution in [3.63, 3.8) is 0 Å². The first kappa shape index (κ1) is 19.0. The molecule has 3 heterocycles. The molecular formula is C22H36N4O. The van der Waals surface area contributed by atoms with Crippen LogP contribution in [0.5, 0.6) is 0 Å². The van der Waals surface area contributed by atoms with Crippen LogP contribution < -0.4 is 0 Å². The molecule has 1 spiro atoms. The van der Waals surface area contributed by atoms with Gasteiger partial charge >= 0.3 is 0 Å². The lowest BCUT2D eigenvalue weighted by Crippen LogP contribution is -2.54. The van der Waals surface area contributed by atoms with Gasteiger partial charge in [0.1, 0.15) is 0 Å². The fourth-order valence-electron chi connectivity index (χ4n) is 5.72. The van der Waals surface area contributed by atoms with E-state index in [4.69, 9.17) is 0 Å². The van der Waals surface area contributed by atoms with Gasteiger partial charge in [-0.25, -0.2) is 4.98 Å². The van der Waals surface area contributed by atoms with Gasteiger partial charge < -0.3 is 14.8 Å². The van der Waals surface area contributed by atoms with Crippen molar-refractivity contribution < 1.29 is 4.79 Å². The SMILES string of the molecule is O=C1CC[C@]2(CCCN(CCCC3CCCC3)C2)CN1CCc1cnc[nH]1. The average Bonchev–Trinajstić information content (AvgIpc) is 3.37. The molecule has 3 aliphatic rings. The normalized spacial score (nSPS) is 27.7. The topological polar surface area (TPSA) is 52.2 Å². The number of likely N-dealkylation sites (tertiary alicyclic amines) is 2. The maximum absolute atomic E-state index is 12.5. The first-order chi connectivity index (χ1) is 13.2. The monoisotopic (exact) mass is 372 g/mol. The quantitative estimate of drug-likeness (QED) is 0.795. The zero-order chi connectivity index (χ0) is 18.5. The molecule has 2 aliphatic heterocycles. The Labute approximate surface area is 163 Å². The number of rotatable bonds is 7. The van der Waals surface area contributed by atoms with Crippen molar-refractivity contribution in [2.75, 3.05) is 32.7 Å². The maximum Gasteiger partial charge on any atom is 0.222 e. The second kappa shape index (κ2) is 8.76. The van der Waals surface area contributed by atoms with Gasteiger partial charge in [-0.2, -0.15) is 0 Å². The number of hydrogen-bond acceptors (Lipinski definition) is 3. The van der Waals surface area contributed by atoms with Crippen molar-refractivity contribution in [1.29, 1.82) is 0 Å². The molecule has 1 aromatic heterocycles. The molecule has 1 atom stereocenters. The number of carbonyl (C=O) groups excluding carboxylic acids is 1. The Kier molecular flexibility index (Phi) is 6.16. The summed E-state index contributed by atoms with van der Waals surface area (Å²) in [6, 6.07) is 0. The maximum atomic E-state index is 12.5. The fraction of sp³-hybridized carbons (Fsp3) is 0.818. The summed E-state index contributed by atoms with van der Waals surface area (Å²) < 4.78 is 0. The van der Waals surface area contributed by atoms with Gasteiger partial charge in [-0.15, -0.1) is 0 Å². The van der Waals surface area contributed by atoms with E-state index in [0.29, 0.717) is 11.3 Å². The molecule has 1 aliphatic carbocycles. The first-order valence-electron chi connectivity index (χ1n) is 11.2. The van der Waals surface area contributed by atoms with E-state index in [-0.39, 0.29) is 0 Å². The van der Waals surface area contributed by atoms with Crippen LogP contribution in [0, 0.1) is 11.3 Å². The van der Waals surface area contributed by atoms with Gasteiger partial charge in [0.2, 0.25) is 5.91 Å². The van der Waals surface area contributed by atoms with Gasteiger partial charge in [0.05, 0.1) is 6.33 Å². The van der Waals surface area contributed by atoms with Crippen LogP contribution in [0.25, 0.3) is 0 Å². The first-order valence-corrected chi connectivity index (χ1v) is 11.2. The molecule has 1 N–H and O–H groups in total. The second-order valence-corrected chi connectivity index (χ2v) is 9.31. The Bertz CT molecular complexity index is 595. The summed E-state index contributed by atoms with van der Waals surface area (Å²) >= 11 is 0. The number of nitrogens with one attached hydrogen (secondary N) is 1. The van der Waals surface area contributed by atoms with Gasteiger partial charge in [0.15, 0.2) is 0 Å². The van der Waals surface area contributed by atoms with Crippen LogP contribution in [0.3, 0.4) is 0 Å². The Hall–Kier alpha value is -1.36. The van der Waals surface area contributed by atoms with Crippen LogP contribution >= 0.6 is 0 Å². The van der Waals surface area contributed by atoms with Crippen molar-refractivity contribution in [3.05, 3.63) is 18.2 Å². The van der Waals surface area contributed by atoms with Crippen molar-refractivity contribution in [1.82, 2.24) is 19.8 Å². The van der Waals surface area contributed by atoms with E-state index in [9.17, 15) is 4.79 Å². The molecule has 0 unspecified atom stereocenters. The summed E-state index contributed by atoms with van der Waals surface area (Å²) in [6.45, 7) is 5.50. The Morgan fingerprint density at radius 3 is 2.85 bits per heavy atom. The highest BCUT2D eigenvalue weighted by atomic mass is 16.2. The standard InChI is InChI=1S/C22H36N4O/c27-21-8-11-22(17-26(21)14-9-20-15-23-18-24-20)10-4-13-25(16-22)12-3-7-19-5-1-2-6-19/h15,18-19H,1-14,16-17H2,(H,23,24)/t22-/m0/s1. The summed E-state index contributed by atoms with van der Waals surface area (Å²) in [4.78, 5) is 24.6. The lowest BCUT2D eigenvalue weighted by Gasteiger charge is -2.48. The van der Waals surface area contributed by atoms with Gasteiger partial charge in [0.25, 0.3) is 0 Å². The highest BCUT2D eigenvalue weighted by Crippen LogP contribution is 2.39. The Morgan fingerprint density at radius 2 is 2.04 bits per heavy atom. The number of aromatic amines is 1. The molecule has 5 nitrogen and oxygen atoms in total. The minimum atomic E-state index is 0.341. The smallest absolute Gasteiger partial charge is 0.222 e. The number of H-pyrrole nitrogens is 1. The van der Waals surface area contributed by atoms with Gasteiger partial charge in [-0.1, -0.05) is 25.7 Å². The molecule has 5 heteroatoms. The van der Waals surface area contributed by atoms with E-state index in [1.54, 1.807) is 6.33 Å². The van der Waals surface area contributed by atoms with Crippen LogP contribution in [0.2, 0.25) is 0 Å². The fourth-order valence-corrected chi connectivity index (χ4v) is 5.72. The Morgan fingerprint density at radius 1 is 1.15 bits per heavy atom. The van der Waals surface area contributed by atoms with Crippen LogP contribution in [0.1, 0.15) is 69.9 Å². The average molecular weight is 373 g/mol. The minimum Gasteiger partial charge on any atom is -0.348 e. The minimum absolute atomic E-state index is 0.341. The molecule has 2 saturated heterocycles. The van der Waals surface area contributed by atoms with Crippen molar-refractivity contribution in [3.8, 4) is 0 Å². The van der Waals surface area contributed by atoms with Crippen molar-refractivity contribution >= 4 is 5.91 Å². The predicted molar refractivity (Wildman–Crippen MR) is 107 cm³/mol. The molecule has 0 bridgehead atoms. The molecule has 150 valence electrons. The second-order valence-electron chi connectivity index (χ2n) is 9.31. The van der Waals surface area contributed by atoms with Crippen molar-refractivity contribution in [2.45, 2.75) is 70.6 Å². The number of nitrogens with zero attached hydrogens (tertiary/aromatic N) is 3. The van der Waals surface area contributed by atoms with E-state index in [0.717, 1.165) is 44.0 Å². The van der Waals surface area contributed by atoms with Crippen LogP contribution in [0.15, 0.2) is 12.5 Å². The summed E-state index contributed by atoms with van der Waals surface area (Å²) in [5.74, 6) is 1.35. The molecule has 3 fully saturated rings. The lowest BCUT2D eigenvalue weighted by molar-refractivity contribution is -0.139. The van der Waals surface area contributed by atoms with E-state index >= 15 is 0 Å². The third-order valence-electron chi connectivity index (χ3n) is 7.26. The van der Waals surface area contributed by atoms with Crippen molar-refractivity contribution in [2.24, 2.45) is 11.3 Å². The lowest BCUT2D eigenvalue weighted by atomic mass is 9.73. The molecule has 1 saturated carbocycles. The van der Waals surface area contributed by atoms with Gasteiger partial charge in [-0.3, -0.25) is 4.79 Å². The molecule has 0 radical (unpaired) electrons. The zero-order valence-corrected chi connectivity index (χ0v) is 16.8. The highest BCUT2D eigenvalue weighted by Gasteiger charge is 2.41. The van der Waals surface area contributed by atoms with Gasteiger partial charge in [-0.05, 0) is 51.1 Å². The third kappa shape index (κ3) is 4.92.